The highest BCUT2D eigenvalue weighted by molar-refractivity contribution is 5.87. The third-order valence-electron chi connectivity index (χ3n) is 3.79. The Morgan fingerprint density at radius 2 is 1.67 bits per heavy atom. The molecule has 21 heavy (non-hydrogen) atoms. The minimum Gasteiger partial charge on any atom is -0.480 e. The Bertz CT molecular complexity index is 412. The number of nitrogens with one attached hydrogen (secondary N) is 2. The average molecular weight is 299 g/mol. The fourth-order valence-electron chi connectivity index (χ4n) is 2.76. The molecular weight excluding hydrogens is 274 g/mol. The van der Waals surface area contributed by atoms with Crippen molar-refractivity contribution in [3.8, 4) is 0 Å². The summed E-state index contributed by atoms with van der Waals surface area (Å²) in [5.74, 6) is -1.53. The van der Waals surface area contributed by atoms with Gasteiger partial charge in [0.15, 0.2) is 0 Å². The second kappa shape index (κ2) is 6.78. The Kier molecular flexibility index (Phi) is 5.57. The molecule has 7 nitrogen and oxygen atoms in total. The lowest BCUT2D eigenvalue weighted by Gasteiger charge is -2.32. The van der Waals surface area contributed by atoms with Crippen LogP contribution >= 0.6 is 0 Å². The van der Waals surface area contributed by atoms with Crippen molar-refractivity contribution in [1.29, 1.82) is 0 Å². The number of carbonyl (C=O) groups is 3. The number of rotatable bonds is 5. The molecule has 0 heterocycles. The lowest BCUT2D eigenvalue weighted by Crippen LogP contribution is -2.60. The van der Waals surface area contributed by atoms with Crippen LogP contribution in [-0.4, -0.2) is 34.1 Å². The molecule has 1 aliphatic carbocycles. The summed E-state index contributed by atoms with van der Waals surface area (Å²) in [6.45, 7) is 3.33. The van der Waals surface area contributed by atoms with E-state index in [-0.39, 0.29) is 6.42 Å². The van der Waals surface area contributed by atoms with Gasteiger partial charge in [0, 0.05) is 12.0 Å². The van der Waals surface area contributed by atoms with E-state index in [4.69, 9.17) is 5.73 Å². The van der Waals surface area contributed by atoms with Gasteiger partial charge in [0.25, 0.3) is 0 Å². The summed E-state index contributed by atoms with van der Waals surface area (Å²) >= 11 is 0. The molecular formula is C14H25N3O4. The van der Waals surface area contributed by atoms with Gasteiger partial charge in [0.1, 0.15) is 5.54 Å². The minimum absolute atomic E-state index is 0.0134. The van der Waals surface area contributed by atoms with Gasteiger partial charge in [-0.05, 0) is 26.7 Å². The van der Waals surface area contributed by atoms with Crippen LogP contribution in [0.15, 0.2) is 0 Å². The minimum atomic E-state index is -1.22. The van der Waals surface area contributed by atoms with E-state index in [9.17, 15) is 19.5 Å². The number of carboxylic acids is 1. The van der Waals surface area contributed by atoms with Crippen molar-refractivity contribution in [2.24, 2.45) is 5.73 Å². The fourth-order valence-corrected chi connectivity index (χ4v) is 2.76. The maximum atomic E-state index is 12.1. The maximum Gasteiger partial charge on any atom is 0.329 e. The van der Waals surface area contributed by atoms with Crippen molar-refractivity contribution in [3.63, 3.8) is 0 Å². The van der Waals surface area contributed by atoms with Crippen LogP contribution in [0.25, 0.3) is 0 Å². The van der Waals surface area contributed by atoms with Crippen LogP contribution in [0.1, 0.15) is 58.8 Å². The smallest absolute Gasteiger partial charge is 0.329 e. The van der Waals surface area contributed by atoms with Gasteiger partial charge in [-0.1, -0.05) is 25.7 Å². The molecule has 0 aromatic heterocycles. The first-order chi connectivity index (χ1) is 9.67. The summed E-state index contributed by atoms with van der Waals surface area (Å²) < 4.78 is 0. The number of nitrogens with two attached hydrogens (primary N) is 1. The summed E-state index contributed by atoms with van der Waals surface area (Å²) in [5.41, 5.74) is 3.09. The third kappa shape index (κ3) is 5.24. The van der Waals surface area contributed by atoms with E-state index >= 15 is 0 Å². The van der Waals surface area contributed by atoms with Crippen LogP contribution in [0.4, 0.5) is 4.79 Å². The van der Waals surface area contributed by atoms with E-state index in [0.29, 0.717) is 12.8 Å². The lowest BCUT2D eigenvalue weighted by atomic mass is 9.90. The maximum absolute atomic E-state index is 12.1. The normalized spacial score (nSPS) is 18.4. The van der Waals surface area contributed by atoms with Gasteiger partial charge in [0.2, 0.25) is 5.91 Å². The van der Waals surface area contributed by atoms with Crippen LogP contribution < -0.4 is 16.4 Å². The predicted octanol–water partition coefficient (Wildman–Crippen LogP) is 1.12. The number of hydrogen-bond donors (Lipinski definition) is 4. The summed E-state index contributed by atoms with van der Waals surface area (Å²) in [5, 5.41) is 14.7. The summed E-state index contributed by atoms with van der Waals surface area (Å²) in [6.07, 6.45) is 4.34. The number of carbonyl (C=O) groups excluding carboxylic acids is 2. The van der Waals surface area contributed by atoms with Gasteiger partial charge < -0.3 is 21.5 Å². The molecule has 0 spiro atoms. The van der Waals surface area contributed by atoms with E-state index in [1.165, 1.54) is 0 Å². The number of amides is 3. The summed E-state index contributed by atoms with van der Waals surface area (Å²) in [4.78, 5) is 34.6. The van der Waals surface area contributed by atoms with Crippen molar-refractivity contribution in [3.05, 3.63) is 0 Å². The summed E-state index contributed by atoms with van der Waals surface area (Å²) in [6, 6.07) is -0.578. The first-order valence-corrected chi connectivity index (χ1v) is 7.29. The fraction of sp³-hybridized carbons (Fsp3) is 0.786. The topological polar surface area (TPSA) is 122 Å². The van der Waals surface area contributed by atoms with Crippen molar-refractivity contribution >= 4 is 17.9 Å². The average Bonchev–Trinajstić information content (AvgIpc) is 2.52. The third-order valence-corrected chi connectivity index (χ3v) is 3.79. The highest BCUT2D eigenvalue weighted by Gasteiger charge is 2.40. The van der Waals surface area contributed by atoms with Crippen LogP contribution in [0, 0.1) is 0 Å². The van der Waals surface area contributed by atoms with E-state index in [2.05, 4.69) is 10.6 Å². The Morgan fingerprint density at radius 1 is 1.14 bits per heavy atom. The Balaban J connectivity index is 2.73. The van der Waals surface area contributed by atoms with E-state index in [1.54, 1.807) is 13.8 Å². The van der Waals surface area contributed by atoms with Crippen LogP contribution in [0.5, 0.6) is 0 Å². The number of urea groups is 1. The molecule has 0 atom stereocenters. The largest absolute Gasteiger partial charge is 0.480 e. The number of carboxylic acid groups (broad SMARTS) is 1. The number of aliphatic carboxylic acids is 1. The molecule has 3 amide bonds. The molecule has 1 saturated carbocycles. The molecule has 1 aliphatic rings. The van der Waals surface area contributed by atoms with Crippen molar-refractivity contribution in [1.82, 2.24) is 10.6 Å². The monoisotopic (exact) mass is 299 g/mol. The Morgan fingerprint density at radius 3 is 2.10 bits per heavy atom. The highest BCUT2D eigenvalue weighted by atomic mass is 16.4. The van der Waals surface area contributed by atoms with Gasteiger partial charge in [-0.15, -0.1) is 0 Å². The van der Waals surface area contributed by atoms with Gasteiger partial charge in [-0.25, -0.2) is 9.59 Å². The van der Waals surface area contributed by atoms with Gasteiger partial charge in [0.05, 0.1) is 0 Å². The van der Waals surface area contributed by atoms with Crippen LogP contribution in [0.2, 0.25) is 0 Å². The van der Waals surface area contributed by atoms with Gasteiger partial charge >= 0.3 is 12.0 Å². The van der Waals surface area contributed by atoms with E-state index in [0.717, 1.165) is 25.7 Å². The first kappa shape index (κ1) is 17.3. The zero-order chi connectivity index (χ0) is 16.1. The van der Waals surface area contributed by atoms with Crippen molar-refractivity contribution in [2.75, 3.05) is 0 Å². The molecule has 120 valence electrons. The first-order valence-electron chi connectivity index (χ1n) is 7.29. The van der Waals surface area contributed by atoms with E-state index < -0.39 is 29.0 Å². The summed E-state index contributed by atoms with van der Waals surface area (Å²) in [7, 11) is 0. The molecule has 0 aromatic carbocycles. The molecule has 0 saturated heterocycles. The molecule has 0 bridgehead atoms. The zero-order valence-corrected chi connectivity index (χ0v) is 12.7. The lowest BCUT2D eigenvalue weighted by molar-refractivity contribution is -0.145. The van der Waals surface area contributed by atoms with E-state index in [1.807, 2.05) is 0 Å². The van der Waals surface area contributed by atoms with Crippen molar-refractivity contribution < 1.29 is 19.5 Å². The molecule has 7 heteroatoms. The Labute approximate surface area is 124 Å². The van der Waals surface area contributed by atoms with Gasteiger partial charge in [-0.3, -0.25) is 4.79 Å². The van der Waals surface area contributed by atoms with Crippen LogP contribution in [-0.2, 0) is 9.59 Å². The Hall–Kier alpha value is -1.79. The second-order valence-electron chi connectivity index (χ2n) is 6.41. The quantitative estimate of drug-likeness (QED) is 0.568. The standard InChI is InChI=1S/C14H25N3O4/c1-13(2,9-10(15)18)16-12(21)17-14(11(19)20)7-5-3-4-6-8-14/h3-9H2,1-2H3,(H2,15,18)(H,19,20)(H2,16,17,21). The van der Waals surface area contributed by atoms with Crippen molar-refractivity contribution in [2.45, 2.75) is 69.9 Å². The van der Waals surface area contributed by atoms with Crippen LogP contribution in [0.3, 0.4) is 0 Å². The molecule has 1 fully saturated rings. The highest BCUT2D eigenvalue weighted by Crippen LogP contribution is 2.27. The second-order valence-corrected chi connectivity index (χ2v) is 6.41. The number of primary amides is 1. The SMILES string of the molecule is CC(C)(CC(N)=O)NC(=O)NC1(C(=O)O)CCCCCC1. The molecule has 0 radical (unpaired) electrons. The molecule has 5 N–H and O–H groups in total. The number of hydrogen-bond acceptors (Lipinski definition) is 3. The molecule has 0 aliphatic heterocycles. The molecule has 0 unspecified atom stereocenters. The molecule has 1 rings (SSSR count). The van der Waals surface area contributed by atoms with Gasteiger partial charge in [-0.2, -0.15) is 0 Å². The predicted molar refractivity (Wildman–Crippen MR) is 77.6 cm³/mol. The zero-order valence-electron chi connectivity index (χ0n) is 12.7. The molecule has 0 aromatic rings.